The quantitative estimate of drug-likeness (QED) is 0.247. The highest BCUT2D eigenvalue weighted by molar-refractivity contribution is 7.92. The second-order valence-corrected chi connectivity index (χ2v) is 12.7. The van der Waals surface area contributed by atoms with Crippen LogP contribution >= 0.6 is 0 Å². The number of likely N-dealkylation sites (N-methyl/N-ethyl adjacent to an activating group) is 1. The zero-order valence-corrected chi connectivity index (χ0v) is 26.2. The van der Waals surface area contributed by atoms with E-state index in [9.17, 15) is 18.0 Å². The number of sulfonamides is 1. The summed E-state index contributed by atoms with van der Waals surface area (Å²) in [5.74, 6) is -0.813. The maximum Gasteiger partial charge on any atom is 0.264 e. The van der Waals surface area contributed by atoms with Gasteiger partial charge in [-0.15, -0.1) is 0 Å². The van der Waals surface area contributed by atoms with Crippen LogP contribution in [0.5, 0.6) is 0 Å². The molecule has 7 nitrogen and oxygen atoms in total. The van der Waals surface area contributed by atoms with E-state index >= 15 is 0 Å². The van der Waals surface area contributed by atoms with Crippen molar-refractivity contribution < 1.29 is 18.0 Å². The SMILES string of the molecule is CNC(=O)[C@H](Cc1ccccc1)N(Cc1ccccc1C)C(=O)CN(c1ccc(C)c(C)c1)S(=O)(=O)c1ccc(C)cc1. The molecule has 1 N–H and O–H groups in total. The zero-order valence-electron chi connectivity index (χ0n) is 25.4. The molecule has 1 atom stereocenters. The Morgan fingerprint density at radius 3 is 2.05 bits per heavy atom. The van der Waals surface area contributed by atoms with Crippen LogP contribution in [0.2, 0.25) is 0 Å². The summed E-state index contributed by atoms with van der Waals surface area (Å²) in [6.07, 6.45) is 0.270. The van der Waals surface area contributed by atoms with E-state index in [1.807, 2.05) is 88.4 Å². The largest absolute Gasteiger partial charge is 0.357 e. The van der Waals surface area contributed by atoms with E-state index in [1.54, 1.807) is 43.4 Å². The molecular weight excluding hydrogens is 558 g/mol. The van der Waals surface area contributed by atoms with Crippen LogP contribution < -0.4 is 9.62 Å². The van der Waals surface area contributed by atoms with Gasteiger partial charge in [0.05, 0.1) is 10.6 Å². The molecule has 0 unspecified atom stereocenters. The Morgan fingerprint density at radius 2 is 1.42 bits per heavy atom. The monoisotopic (exact) mass is 597 g/mol. The summed E-state index contributed by atoms with van der Waals surface area (Å²) in [5.41, 5.74) is 5.94. The highest BCUT2D eigenvalue weighted by Crippen LogP contribution is 2.27. The van der Waals surface area contributed by atoms with Gasteiger partial charge in [0.1, 0.15) is 12.6 Å². The normalized spacial score (nSPS) is 11.9. The lowest BCUT2D eigenvalue weighted by atomic mass is 10.0. The molecule has 0 aliphatic rings. The smallest absolute Gasteiger partial charge is 0.264 e. The number of anilines is 1. The van der Waals surface area contributed by atoms with Crippen LogP contribution in [0.25, 0.3) is 0 Å². The molecular formula is C35H39N3O4S. The first-order valence-electron chi connectivity index (χ1n) is 14.3. The molecule has 0 aromatic heterocycles. The molecule has 0 aliphatic carbocycles. The summed E-state index contributed by atoms with van der Waals surface area (Å²) in [7, 11) is -2.59. The Bertz CT molecular complexity index is 1690. The molecule has 4 aromatic rings. The first-order chi connectivity index (χ1) is 20.5. The lowest BCUT2D eigenvalue weighted by Crippen LogP contribution is -2.53. The first kappa shape index (κ1) is 31.5. The Labute approximate surface area is 255 Å². The maximum absolute atomic E-state index is 14.4. The molecule has 0 saturated heterocycles. The van der Waals surface area contributed by atoms with E-state index in [-0.39, 0.29) is 23.8 Å². The highest BCUT2D eigenvalue weighted by atomic mass is 32.2. The van der Waals surface area contributed by atoms with Crippen LogP contribution in [0.15, 0.2) is 102 Å². The van der Waals surface area contributed by atoms with Crippen molar-refractivity contribution in [2.45, 2.75) is 51.6 Å². The fraction of sp³-hybridized carbons (Fsp3) is 0.257. The van der Waals surface area contributed by atoms with Gasteiger partial charge in [-0.05, 0) is 79.8 Å². The van der Waals surface area contributed by atoms with E-state index in [0.29, 0.717) is 5.69 Å². The lowest BCUT2D eigenvalue weighted by molar-refractivity contribution is -0.139. The van der Waals surface area contributed by atoms with Gasteiger partial charge in [0, 0.05) is 20.0 Å². The van der Waals surface area contributed by atoms with Crippen molar-refractivity contribution in [2.75, 3.05) is 17.9 Å². The van der Waals surface area contributed by atoms with Gasteiger partial charge in [-0.1, -0.05) is 78.4 Å². The summed E-state index contributed by atoms with van der Waals surface area (Å²) in [6, 6.07) is 28.2. The van der Waals surface area contributed by atoms with Gasteiger partial charge in [-0.25, -0.2) is 8.42 Å². The predicted octanol–water partition coefficient (Wildman–Crippen LogP) is 5.50. The molecule has 0 aliphatic heterocycles. The average Bonchev–Trinajstić information content (AvgIpc) is 3.00. The Morgan fingerprint density at radius 1 is 0.767 bits per heavy atom. The van der Waals surface area contributed by atoms with Gasteiger partial charge in [0.15, 0.2) is 0 Å². The van der Waals surface area contributed by atoms with Gasteiger partial charge < -0.3 is 10.2 Å². The van der Waals surface area contributed by atoms with Crippen LogP contribution in [0.1, 0.15) is 33.4 Å². The molecule has 2 amide bonds. The number of hydrogen-bond donors (Lipinski definition) is 1. The van der Waals surface area contributed by atoms with Crippen LogP contribution in [0.4, 0.5) is 5.69 Å². The van der Waals surface area contributed by atoms with Crippen molar-refractivity contribution in [3.05, 3.63) is 130 Å². The fourth-order valence-corrected chi connectivity index (χ4v) is 6.34. The van der Waals surface area contributed by atoms with Crippen molar-refractivity contribution in [2.24, 2.45) is 0 Å². The number of amides is 2. The highest BCUT2D eigenvalue weighted by Gasteiger charge is 2.34. The number of rotatable bonds is 11. The van der Waals surface area contributed by atoms with Gasteiger partial charge in [-0.3, -0.25) is 13.9 Å². The summed E-state index contributed by atoms with van der Waals surface area (Å²) in [5, 5.41) is 2.72. The molecule has 0 saturated carbocycles. The minimum absolute atomic E-state index is 0.0849. The second kappa shape index (κ2) is 13.7. The molecule has 43 heavy (non-hydrogen) atoms. The molecule has 8 heteroatoms. The first-order valence-corrected chi connectivity index (χ1v) is 15.7. The number of carbonyl (C=O) groups is 2. The van der Waals surface area contributed by atoms with Crippen LogP contribution in [0.3, 0.4) is 0 Å². The minimum Gasteiger partial charge on any atom is -0.357 e. The number of benzene rings is 4. The third kappa shape index (κ3) is 7.51. The second-order valence-electron chi connectivity index (χ2n) is 10.9. The van der Waals surface area contributed by atoms with Crippen molar-refractivity contribution in [3.63, 3.8) is 0 Å². The standard InChI is InChI=1S/C35H39N3O4S/c1-25-15-19-32(20-16-25)43(41,42)38(31-18-17-26(2)28(4)21-31)24-34(39)37(23-30-14-10-9-11-27(30)3)33(35(40)36-5)22-29-12-7-6-8-13-29/h6-21,33H,22-24H2,1-5H3,(H,36,40)/t33-/m0/s1. The van der Waals surface area contributed by atoms with E-state index in [2.05, 4.69) is 5.32 Å². The van der Waals surface area contributed by atoms with Gasteiger partial charge >= 0.3 is 0 Å². The molecule has 4 rings (SSSR count). The maximum atomic E-state index is 14.4. The number of hydrogen-bond acceptors (Lipinski definition) is 4. The summed E-state index contributed by atoms with van der Waals surface area (Å²) in [6.45, 7) is 7.35. The van der Waals surface area contributed by atoms with Crippen molar-refractivity contribution in [1.29, 1.82) is 0 Å². The third-order valence-electron chi connectivity index (χ3n) is 7.79. The number of nitrogens with zero attached hydrogens (tertiary/aromatic N) is 2. The fourth-order valence-electron chi connectivity index (χ4n) is 4.94. The Balaban J connectivity index is 1.81. The molecule has 4 aromatic carbocycles. The zero-order chi connectivity index (χ0) is 31.1. The third-order valence-corrected chi connectivity index (χ3v) is 9.57. The molecule has 0 radical (unpaired) electrons. The summed E-state index contributed by atoms with van der Waals surface area (Å²) >= 11 is 0. The van der Waals surface area contributed by atoms with Crippen molar-refractivity contribution in [1.82, 2.24) is 10.2 Å². The molecule has 0 fully saturated rings. The number of carbonyl (C=O) groups excluding carboxylic acids is 2. The van der Waals surface area contributed by atoms with Crippen LogP contribution in [-0.2, 0) is 32.6 Å². The lowest BCUT2D eigenvalue weighted by Gasteiger charge is -2.34. The number of nitrogens with one attached hydrogen (secondary N) is 1. The van der Waals surface area contributed by atoms with E-state index in [0.717, 1.165) is 37.7 Å². The van der Waals surface area contributed by atoms with Crippen molar-refractivity contribution >= 4 is 27.5 Å². The molecule has 0 spiro atoms. The molecule has 0 bridgehead atoms. The Hall–Kier alpha value is -4.43. The van der Waals surface area contributed by atoms with E-state index in [1.165, 1.54) is 4.90 Å². The summed E-state index contributed by atoms with van der Waals surface area (Å²) in [4.78, 5) is 29.4. The van der Waals surface area contributed by atoms with E-state index in [4.69, 9.17) is 0 Å². The Kier molecular flexibility index (Phi) is 10.0. The number of aryl methyl sites for hydroxylation is 4. The van der Waals surface area contributed by atoms with E-state index < -0.39 is 28.5 Å². The minimum atomic E-state index is -4.14. The molecule has 0 heterocycles. The van der Waals surface area contributed by atoms with Crippen LogP contribution in [-0.4, -0.2) is 44.8 Å². The van der Waals surface area contributed by atoms with Gasteiger partial charge in [0.25, 0.3) is 10.0 Å². The van der Waals surface area contributed by atoms with Gasteiger partial charge in [-0.2, -0.15) is 0 Å². The summed E-state index contributed by atoms with van der Waals surface area (Å²) < 4.78 is 29.4. The molecule has 224 valence electrons. The van der Waals surface area contributed by atoms with Crippen LogP contribution in [0, 0.1) is 27.7 Å². The van der Waals surface area contributed by atoms with Crippen molar-refractivity contribution in [3.8, 4) is 0 Å². The predicted molar refractivity (Wildman–Crippen MR) is 171 cm³/mol. The topological polar surface area (TPSA) is 86.8 Å². The van der Waals surface area contributed by atoms with Gasteiger partial charge in [0.2, 0.25) is 11.8 Å². The average molecular weight is 598 g/mol.